The van der Waals surface area contributed by atoms with Gasteiger partial charge in [0.15, 0.2) is 5.43 Å². The molecular weight excluding hydrogens is 336 g/mol. The summed E-state index contributed by atoms with van der Waals surface area (Å²) in [7, 11) is 0. The predicted molar refractivity (Wildman–Crippen MR) is 102 cm³/mol. The zero-order valence-corrected chi connectivity index (χ0v) is 14.7. The van der Waals surface area contributed by atoms with E-state index >= 15 is 0 Å². The van der Waals surface area contributed by atoms with Crippen LogP contribution in [0, 0.1) is 12.3 Å². The zero-order valence-electron chi connectivity index (χ0n) is 13.9. The van der Waals surface area contributed by atoms with Gasteiger partial charge in [-0.15, -0.1) is 17.8 Å². The van der Waals surface area contributed by atoms with E-state index in [9.17, 15) is 4.79 Å². The van der Waals surface area contributed by atoms with Crippen molar-refractivity contribution < 1.29 is 14.2 Å². The summed E-state index contributed by atoms with van der Waals surface area (Å²) in [4.78, 5) is 12.7. The average molecular weight is 354 g/mol. The number of benzene rings is 2. The van der Waals surface area contributed by atoms with Crippen molar-refractivity contribution >= 4 is 31.5 Å². The van der Waals surface area contributed by atoms with Crippen molar-refractivity contribution in [1.29, 1.82) is 0 Å². The number of fused-ring (bicyclic) bond motifs is 2. The second-order valence-corrected chi connectivity index (χ2v) is 6.37. The molecule has 2 aromatic carbocycles. The molecule has 0 spiro atoms. The Morgan fingerprint density at radius 3 is 2.24 bits per heavy atom. The third kappa shape index (κ3) is 3.93. The maximum Gasteiger partial charge on any atom is 0.195 e. The largest absolute Gasteiger partial charge is 0.491 e. The van der Waals surface area contributed by atoms with Crippen LogP contribution in [0.25, 0.3) is 20.2 Å². The van der Waals surface area contributed by atoms with Gasteiger partial charge in [0.2, 0.25) is 0 Å². The molecule has 0 N–H and O–H groups in total. The van der Waals surface area contributed by atoms with E-state index in [1.165, 1.54) is 11.3 Å². The highest BCUT2D eigenvalue weighted by Gasteiger charge is 2.08. The highest BCUT2D eigenvalue weighted by Crippen LogP contribution is 2.30. The molecule has 128 valence electrons. The topological polar surface area (TPSA) is 44.8 Å². The van der Waals surface area contributed by atoms with Gasteiger partial charge in [-0.1, -0.05) is 5.92 Å². The number of rotatable bonds is 7. The van der Waals surface area contributed by atoms with E-state index in [0.29, 0.717) is 36.3 Å². The van der Waals surface area contributed by atoms with Gasteiger partial charge in [-0.25, -0.2) is 0 Å². The second-order valence-electron chi connectivity index (χ2n) is 5.29. The summed E-state index contributed by atoms with van der Waals surface area (Å²) < 4.78 is 18.1. The van der Waals surface area contributed by atoms with Crippen molar-refractivity contribution in [2.75, 3.05) is 26.4 Å². The van der Waals surface area contributed by atoms with Gasteiger partial charge in [-0.3, -0.25) is 4.79 Å². The van der Waals surface area contributed by atoms with Crippen LogP contribution in [0.2, 0.25) is 0 Å². The van der Waals surface area contributed by atoms with Gasteiger partial charge < -0.3 is 14.2 Å². The third-order valence-electron chi connectivity index (χ3n) is 3.64. The van der Waals surface area contributed by atoms with E-state index in [1.807, 2.05) is 31.2 Å². The van der Waals surface area contributed by atoms with Crippen LogP contribution < -0.4 is 14.9 Å². The van der Waals surface area contributed by atoms with Gasteiger partial charge in [0.05, 0.1) is 6.61 Å². The molecule has 0 saturated heterocycles. The fourth-order valence-electron chi connectivity index (χ4n) is 2.48. The fourth-order valence-corrected chi connectivity index (χ4v) is 3.61. The second kappa shape index (κ2) is 8.02. The first-order valence-corrected chi connectivity index (χ1v) is 8.82. The summed E-state index contributed by atoms with van der Waals surface area (Å²) in [6.45, 7) is 3.83. The van der Waals surface area contributed by atoms with Crippen molar-refractivity contribution in [3.63, 3.8) is 0 Å². The Morgan fingerprint density at radius 2 is 1.64 bits per heavy atom. The van der Waals surface area contributed by atoms with Gasteiger partial charge >= 0.3 is 0 Å². The summed E-state index contributed by atoms with van der Waals surface area (Å²) >= 11 is 1.53. The summed E-state index contributed by atoms with van der Waals surface area (Å²) in [5, 5.41) is 1.36. The molecule has 3 rings (SSSR count). The number of terminal acetylenes is 1. The molecule has 0 aliphatic carbocycles. The molecule has 5 heteroatoms. The average Bonchev–Trinajstić information content (AvgIpc) is 2.63. The van der Waals surface area contributed by atoms with Crippen molar-refractivity contribution in [3.05, 3.63) is 46.6 Å². The molecule has 0 saturated carbocycles. The van der Waals surface area contributed by atoms with Gasteiger partial charge in [0, 0.05) is 26.8 Å². The standard InChI is InChI=1S/C20H18O4S/c1-3-9-23-14-5-7-16-18(12-14)25-19-13-15(24-11-10-22-4-2)6-8-17(19)20(16)21/h1,5-8,12-13H,4,9-11H2,2H3. The van der Waals surface area contributed by atoms with Gasteiger partial charge in [0.25, 0.3) is 0 Å². The third-order valence-corrected chi connectivity index (χ3v) is 4.75. The molecule has 0 unspecified atom stereocenters. The fraction of sp³-hybridized carbons (Fsp3) is 0.250. The maximum absolute atomic E-state index is 12.7. The highest BCUT2D eigenvalue weighted by molar-refractivity contribution is 7.24. The summed E-state index contributed by atoms with van der Waals surface area (Å²) in [5.74, 6) is 3.81. The van der Waals surface area contributed by atoms with Crippen LogP contribution in [0.5, 0.6) is 11.5 Å². The van der Waals surface area contributed by atoms with E-state index in [0.717, 1.165) is 15.1 Å². The van der Waals surface area contributed by atoms with Crippen LogP contribution in [0.1, 0.15) is 6.92 Å². The van der Waals surface area contributed by atoms with Crippen LogP contribution in [0.3, 0.4) is 0 Å². The summed E-state index contributed by atoms with van der Waals surface area (Å²) in [6, 6.07) is 10.9. The molecule has 0 radical (unpaired) electrons. The van der Waals surface area contributed by atoms with Crippen LogP contribution in [0.15, 0.2) is 41.2 Å². The molecule has 3 aromatic rings. The molecule has 0 bridgehead atoms. The molecule has 0 aliphatic rings. The van der Waals surface area contributed by atoms with Crippen LogP contribution in [-0.2, 0) is 4.74 Å². The molecule has 1 heterocycles. The monoisotopic (exact) mass is 354 g/mol. The first kappa shape index (κ1) is 17.3. The van der Waals surface area contributed by atoms with Gasteiger partial charge in [-0.2, -0.15) is 0 Å². The number of hydrogen-bond acceptors (Lipinski definition) is 5. The SMILES string of the molecule is C#CCOc1ccc2c(=O)c3ccc(OCCOCC)cc3sc2c1. The normalized spacial score (nSPS) is 10.7. The minimum absolute atomic E-state index is 0.00751. The van der Waals surface area contributed by atoms with E-state index in [4.69, 9.17) is 20.6 Å². The maximum atomic E-state index is 12.7. The van der Waals surface area contributed by atoms with Gasteiger partial charge in [0.1, 0.15) is 24.7 Å². The minimum Gasteiger partial charge on any atom is -0.491 e. The van der Waals surface area contributed by atoms with Crippen LogP contribution >= 0.6 is 11.3 Å². The molecule has 0 aliphatic heterocycles. The summed E-state index contributed by atoms with van der Waals surface area (Å²) in [6.07, 6.45) is 5.22. The minimum atomic E-state index is 0.00751. The molecule has 1 aromatic heterocycles. The van der Waals surface area contributed by atoms with Gasteiger partial charge in [-0.05, 0) is 43.3 Å². The van der Waals surface area contributed by atoms with E-state index in [1.54, 1.807) is 12.1 Å². The Bertz CT molecular complexity index is 985. The van der Waals surface area contributed by atoms with E-state index in [2.05, 4.69) is 5.92 Å². The predicted octanol–water partition coefficient (Wildman–Crippen LogP) is 3.84. The van der Waals surface area contributed by atoms with Crippen molar-refractivity contribution in [1.82, 2.24) is 0 Å². The Hall–Kier alpha value is -2.55. The van der Waals surface area contributed by atoms with Crippen molar-refractivity contribution in [2.45, 2.75) is 6.92 Å². The number of ether oxygens (including phenoxy) is 3. The molecule has 25 heavy (non-hydrogen) atoms. The first-order valence-electron chi connectivity index (χ1n) is 8.00. The molecule has 0 fully saturated rings. The Labute approximate surface area is 150 Å². The zero-order chi connectivity index (χ0) is 17.6. The lowest BCUT2D eigenvalue weighted by molar-refractivity contribution is 0.110. The smallest absolute Gasteiger partial charge is 0.195 e. The van der Waals surface area contributed by atoms with Crippen molar-refractivity contribution in [2.24, 2.45) is 0 Å². The Kier molecular flexibility index (Phi) is 5.54. The van der Waals surface area contributed by atoms with E-state index < -0.39 is 0 Å². The van der Waals surface area contributed by atoms with Crippen molar-refractivity contribution in [3.8, 4) is 23.8 Å². The quantitative estimate of drug-likeness (QED) is 0.367. The Morgan fingerprint density at radius 1 is 1.00 bits per heavy atom. The lowest BCUT2D eigenvalue weighted by Gasteiger charge is -2.08. The molecular formula is C20H18O4S. The molecule has 0 amide bonds. The first-order chi connectivity index (χ1) is 12.2. The lowest BCUT2D eigenvalue weighted by atomic mass is 10.2. The number of hydrogen-bond donors (Lipinski definition) is 0. The molecule has 4 nitrogen and oxygen atoms in total. The van der Waals surface area contributed by atoms with E-state index in [-0.39, 0.29) is 12.0 Å². The lowest BCUT2D eigenvalue weighted by Crippen LogP contribution is -2.06. The van der Waals surface area contributed by atoms with Crippen LogP contribution in [-0.4, -0.2) is 26.4 Å². The molecule has 0 atom stereocenters. The highest BCUT2D eigenvalue weighted by atomic mass is 32.1. The summed E-state index contributed by atoms with van der Waals surface area (Å²) in [5.41, 5.74) is 0.00751. The van der Waals surface area contributed by atoms with Crippen LogP contribution in [0.4, 0.5) is 0 Å². The Balaban J connectivity index is 1.96.